The van der Waals surface area contributed by atoms with Gasteiger partial charge in [-0.2, -0.15) is 0 Å². The van der Waals surface area contributed by atoms with E-state index < -0.39 is 20.8 Å². The number of likely N-dealkylation sites (N-methyl/N-ethyl adjacent to an activating group) is 1. The molecule has 0 aromatic rings. The summed E-state index contributed by atoms with van der Waals surface area (Å²) >= 11 is -0.826. The molecule has 0 saturated heterocycles. The molecule has 0 rings (SSSR count). The van der Waals surface area contributed by atoms with Crippen molar-refractivity contribution in [2.45, 2.75) is 32.7 Å². The van der Waals surface area contributed by atoms with E-state index in [4.69, 9.17) is 17.0 Å². The summed E-state index contributed by atoms with van der Waals surface area (Å²) in [7, 11) is 13.8. The Labute approximate surface area is 99.6 Å². The second-order valence-corrected chi connectivity index (χ2v) is 6.51. The quantitative estimate of drug-likeness (QED) is 0.796. The van der Waals surface area contributed by atoms with E-state index in [1.165, 1.54) is 0 Å². The zero-order valence-corrected chi connectivity index (χ0v) is 12.6. The predicted octanol–water partition coefficient (Wildman–Crippen LogP) is 2.68. The van der Waals surface area contributed by atoms with Gasteiger partial charge in [0, 0.05) is 6.42 Å². The van der Waals surface area contributed by atoms with Crippen molar-refractivity contribution in [1.29, 1.82) is 0 Å². The normalized spacial score (nSPS) is 11.6. The van der Waals surface area contributed by atoms with E-state index in [1.807, 2.05) is 32.8 Å². The van der Waals surface area contributed by atoms with E-state index in [-0.39, 0.29) is 6.04 Å². The molecule has 0 bridgehead atoms. The first-order valence-electron chi connectivity index (χ1n) is 4.20. The molecule has 1 unspecified atom stereocenters. The van der Waals surface area contributed by atoms with Crippen LogP contribution in [0.25, 0.3) is 0 Å². The summed E-state index contributed by atoms with van der Waals surface area (Å²) in [5, 5.41) is 0. The number of carbonyl (C=O) groups is 1. The van der Waals surface area contributed by atoms with Crippen LogP contribution in [0.15, 0.2) is 0 Å². The monoisotopic (exact) mass is 303 g/mol. The zero-order valence-electron chi connectivity index (χ0n) is 8.60. The number of carbonyl (C=O) groups excluding carboxylic acids is 1. The standard InChI is InChI=1S/C8H17NO.2ClH.Zr/c1-5-7(9(3)4)8(10)6-2;;;/h7H,5-6H2,1-4H3;2*1H;/q;;;+2/p-2. The second-order valence-electron chi connectivity index (χ2n) is 2.78. The van der Waals surface area contributed by atoms with Crippen molar-refractivity contribution in [1.82, 2.24) is 4.90 Å². The van der Waals surface area contributed by atoms with E-state index in [1.54, 1.807) is 0 Å². The Bertz CT molecular complexity index is 133. The van der Waals surface area contributed by atoms with Gasteiger partial charge in [-0.15, -0.1) is 0 Å². The third-order valence-corrected chi connectivity index (χ3v) is 1.73. The van der Waals surface area contributed by atoms with Crippen molar-refractivity contribution in [2.75, 3.05) is 14.1 Å². The van der Waals surface area contributed by atoms with Crippen LogP contribution >= 0.6 is 17.0 Å². The average molecular weight is 305 g/mol. The van der Waals surface area contributed by atoms with Crippen molar-refractivity contribution in [3.8, 4) is 0 Å². The molecular formula is C8H17Cl2NOZr. The number of rotatable bonds is 4. The first kappa shape index (κ1) is 16.5. The van der Waals surface area contributed by atoms with Crippen LogP contribution in [0.2, 0.25) is 0 Å². The van der Waals surface area contributed by atoms with Crippen molar-refractivity contribution < 1.29 is 25.6 Å². The minimum absolute atomic E-state index is 0.130. The van der Waals surface area contributed by atoms with Crippen molar-refractivity contribution in [2.24, 2.45) is 0 Å². The molecule has 78 valence electrons. The number of hydrogen-bond donors (Lipinski definition) is 0. The topological polar surface area (TPSA) is 20.3 Å². The third-order valence-electron chi connectivity index (χ3n) is 1.73. The molecule has 0 aliphatic rings. The average Bonchev–Trinajstić information content (AvgIpc) is 2.06. The van der Waals surface area contributed by atoms with Gasteiger partial charge in [0.2, 0.25) is 0 Å². The number of halogens is 2. The Kier molecular flexibility index (Phi) is 14.2. The summed E-state index contributed by atoms with van der Waals surface area (Å²) < 4.78 is 0. The fourth-order valence-electron chi connectivity index (χ4n) is 1.12. The fourth-order valence-corrected chi connectivity index (χ4v) is 1.12. The van der Waals surface area contributed by atoms with Crippen LogP contribution in [0.4, 0.5) is 0 Å². The first-order valence-corrected chi connectivity index (χ1v) is 10.5. The predicted molar refractivity (Wildman–Crippen MR) is 54.8 cm³/mol. The number of hydrogen-bond acceptors (Lipinski definition) is 2. The van der Waals surface area contributed by atoms with Crippen molar-refractivity contribution >= 4 is 22.8 Å². The molecule has 0 saturated carbocycles. The van der Waals surface area contributed by atoms with Gasteiger partial charge in [-0.05, 0) is 20.5 Å². The minimum atomic E-state index is -0.826. The van der Waals surface area contributed by atoms with Gasteiger partial charge < -0.3 is 0 Å². The van der Waals surface area contributed by atoms with Gasteiger partial charge in [-0.1, -0.05) is 13.8 Å². The molecule has 0 fully saturated rings. The molecule has 0 spiro atoms. The molecule has 0 radical (unpaired) electrons. The summed E-state index contributed by atoms with van der Waals surface area (Å²) in [5.74, 6) is 0.340. The van der Waals surface area contributed by atoms with Crippen LogP contribution in [0.1, 0.15) is 26.7 Å². The first-order chi connectivity index (χ1) is 6.04. The third kappa shape index (κ3) is 9.40. The van der Waals surface area contributed by atoms with Crippen LogP contribution in [-0.4, -0.2) is 30.8 Å². The molecule has 0 aromatic carbocycles. The van der Waals surface area contributed by atoms with Gasteiger partial charge in [0.25, 0.3) is 0 Å². The molecule has 0 aromatic heterocycles. The molecular weight excluding hydrogens is 288 g/mol. The Morgan fingerprint density at radius 1 is 1.38 bits per heavy atom. The van der Waals surface area contributed by atoms with Crippen LogP contribution in [0.3, 0.4) is 0 Å². The molecule has 0 heterocycles. The van der Waals surface area contributed by atoms with Gasteiger partial charge in [-0.3, -0.25) is 9.69 Å². The molecule has 2 nitrogen and oxygen atoms in total. The maximum atomic E-state index is 11.1. The van der Waals surface area contributed by atoms with E-state index in [9.17, 15) is 4.79 Å². The molecule has 13 heavy (non-hydrogen) atoms. The van der Waals surface area contributed by atoms with Crippen LogP contribution in [-0.2, 0) is 25.6 Å². The van der Waals surface area contributed by atoms with Crippen molar-refractivity contribution in [3.05, 3.63) is 0 Å². The Morgan fingerprint density at radius 3 is 1.85 bits per heavy atom. The number of Topliss-reactive ketones (excluding diaryl/α,β-unsaturated/α-hetero) is 1. The van der Waals surface area contributed by atoms with Crippen LogP contribution < -0.4 is 0 Å². The Balaban J connectivity index is 0. The second kappa shape index (κ2) is 11.2. The SMILES string of the molecule is CCC(=O)C(CC)N(C)C.[Cl][Zr][Cl]. The van der Waals surface area contributed by atoms with Gasteiger partial charge >= 0.3 is 37.9 Å². The van der Waals surface area contributed by atoms with E-state index in [0.717, 1.165) is 6.42 Å². The summed E-state index contributed by atoms with van der Waals surface area (Å²) in [6.07, 6.45) is 1.57. The molecule has 5 heteroatoms. The van der Waals surface area contributed by atoms with E-state index >= 15 is 0 Å². The molecule has 1 atom stereocenters. The molecule has 0 N–H and O–H groups in total. The zero-order chi connectivity index (χ0) is 10.9. The summed E-state index contributed by atoms with van der Waals surface area (Å²) in [4.78, 5) is 13.1. The molecule has 0 amide bonds. The fraction of sp³-hybridized carbons (Fsp3) is 0.875. The summed E-state index contributed by atoms with van der Waals surface area (Å²) in [5.41, 5.74) is 0. The Hall–Kier alpha value is 1.09. The molecule has 0 aliphatic heterocycles. The van der Waals surface area contributed by atoms with E-state index in [0.29, 0.717) is 12.2 Å². The number of ketones is 1. The van der Waals surface area contributed by atoms with Gasteiger partial charge in [-0.25, -0.2) is 0 Å². The molecule has 0 aliphatic carbocycles. The number of nitrogens with zero attached hydrogens (tertiary/aromatic N) is 1. The summed E-state index contributed by atoms with van der Waals surface area (Å²) in [6, 6.07) is 0.130. The van der Waals surface area contributed by atoms with E-state index in [2.05, 4.69) is 0 Å². The van der Waals surface area contributed by atoms with Crippen LogP contribution in [0, 0.1) is 0 Å². The Morgan fingerprint density at radius 2 is 1.77 bits per heavy atom. The van der Waals surface area contributed by atoms with Gasteiger partial charge in [0.05, 0.1) is 6.04 Å². The maximum absolute atomic E-state index is 11.1. The van der Waals surface area contributed by atoms with Gasteiger partial charge in [0.15, 0.2) is 0 Å². The van der Waals surface area contributed by atoms with Gasteiger partial charge in [0.1, 0.15) is 5.78 Å². The summed E-state index contributed by atoms with van der Waals surface area (Å²) in [6.45, 7) is 3.95. The van der Waals surface area contributed by atoms with Crippen LogP contribution in [0.5, 0.6) is 0 Å². The van der Waals surface area contributed by atoms with Crippen molar-refractivity contribution in [3.63, 3.8) is 0 Å².